The van der Waals surface area contributed by atoms with E-state index in [2.05, 4.69) is 15.6 Å². The number of pyridine rings is 1. The first-order chi connectivity index (χ1) is 10.6. The number of anilines is 2. The molecular weight excluding hydrogens is 278 g/mol. The lowest BCUT2D eigenvalue weighted by Gasteiger charge is -2.09. The van der Waals surface area contributed by atoms with Crippen LogP contribution >= 0.6 is 0 Å². The standard InChI is InChI=1S/C17H17N3O2/c1-11-5-8-15(18-10-11)20-17(22)13-6-7-14-12(9-13)3-2-4-16(21)19-14/h5-10H,2-4H2,1H3,(H,19,21)(H,18,20,22). The molecule has 1 aliphatic rings. The van der Waals surface area contributed by atoms with E-state index in [0.29, 0.717) is 17.8 Å². The summed E-state index contributed by atoms with van der Waals surface area (Å²) in [5, 5.41) is 5.64. The van der Waals surface area contributed by atoms with Gasteiger partial charge < -0.3 is 10.6 Å². The fraction of sp³-hybridized carbons (Fsp3) is 0.235. The highest BCUT2D eigenvalue weighted by atomic mass is 16.2. The average molecular weight is 295 g/mol. The van der Waals surface area contributed by atoms with Crippen molar-refractivity contribution in [2.45, 2.75) is 26.2 Å². The Bertz CT molecular complexity index is 723. The van der Waals surface area contributed by atoms with Crippen LogP contribution in [0.4, 0.5) is 11.5 Å². The molecular formula is C17H17N3O2. The van der Waals surface area contributed by atoms with Gasteiger partial charge in [-0.3, -0.25) is 9.59 Å². The predicted molar refractivity (Wildman–Crippen MR) is 84.9 cm³/mol. The third-order valence-corrected chi connectivity index (χ3v) is 3.64. The molecule has 2 aromatic rings. The van der Waals surface area contributed by atoms with Crippen molar-refractivity contribution < 1.29 is 9.59 Å². The molecule has 22 heavy (non-hydrogen) atoms. The van der Waals surface area contributed by atoms with Gasteiger partial charge in [-0.1, -0.05) is 6.07 Å². The van der Waals surface area contributed by atoms with Gasteiger partial charge in [-0.15, -0.1) is 0 Å². The second-order valence-corrected chi connectivity index (χ2v) is 5.45. The number of fused-ring (bicyclic) bond motifs is 1. The SMILES string of the molecule is Cc1ccc(NC(=O)c2ccc3c(c2)CCCC(=O)N3)nc1. The minimum absolute atomic E-state index is 0.0276. The van der Waals surface area contributed by atoms with E-state index in [-0.39, 0.29) is 11.8 Å². The van der Waals surface area contributed by atoms with Crippen LogP contribution in [0.2, 0.25) is 0 Å². The molecule has 2 amide bonds. The largest absolute Gasteiger partial charge is 0.326 e. The van der Waals surface area contributed by atoms with Gasteiger partial charge in [0.2, 0.25) is 5.91 Å². The first-order valence-corrected chi connectivity index (χ1v) is 7.28. The molecule has 0 bridgehead atoms. The predicted octanol–water partition coefficient (Wildman–Crippen LogP) is 2.92. The third-order valence-electron chi connectivity index (χ3n) is 3.64. The molecule has 0 saturated heterocycles. The number of carbonyl (C=O) groups is 2. The molecule has 0 atom stereocenters. The van der Waals surface area contributed by atoms with Crippen molar-refractivity contribution in [1.82, 2.24) is 4.98 Å². The van der Waals surface area contributed by atoms with E-state index >= 15 is 0 Å². The van der Waals surface area contributed by atoms with E-state index in [1.54, 1.807) is 24.4 Å². The maximum Gasteiger partial charge on any atom is 0.256 e. The molecule has 0 radical (unpaired) electrons. The maximum atomic E-state index is 12.3. The molecule has 0 fully saturated rings. The number of amides is 2. The molecule has 1 aromatic heterocycles. The molecule has 1 aromatic carbocycles. The van der Waals surface area contributed by atoms with Crippen LogP contribution < -0.4 is 10.6 Å². The number of aromatic nitrogens is 1. The van der Waals surface area contributed by atoms with Gasteiger partial charge in [0.05, 0.1) is 0 Å². The van der Waals surface area contributed by atoms with Gasteiger partial charge in [0.1, 0.15) is 5.82 Å². The highest BCUT2D eigenvalue weighted by Crippen LogP contribution is 2.23. The summed E-state index contributed by atoms with van der Waals surface area (Å²) in [5.74, 6) is 0.355. The first-order valence-electron chi connectivity index (χ1n) is 7.28. The number of nitrogens with zero attached hydrogens (tertiary/aromatic N) is 1. The molecule has 0 unspecified atom stereocenters. The summed E-state index contributed by atoms with van der Waals surface area (Å²) in [6.45, 7) is 1.94. The lowest BCUT2D eigenvalue weighted by molar-refractivity contribution is -0.116. The fourth-order valence-corrected chi connectivity index (χ4v) is 2.45. The van der Waals surface area contributed by atoms with Crippen LogP contribution in [-0.4, -0.2) is 16.8 Å². The molecule has 3 rings (SSSR count). The minimum atomic E-state index is -0.199. The number of benzene rings is 1. The number of nitrogens with one attached hydrogen (secondary N) is 2. The van der Waals surface area contributed by atoms with Gasteiger partial charge in [-0.2, -0.15) is 0 Å². The molecule has 0 aliphatic carbocycles. The summed E-state index contributed by atoms with van der Waals surface area (Å²) in [7, 11) is 0. The zero-order valence-corrected chi connectivity index (χ0v) is 12.3. The number of hydrogen-bond acceptors (Lipinski definition) is 3. The monoisotopic (exact) mass is 295 g/mol. The van der Waals surface area contributed by atoms with Crippen LogP contribution in [0.5, 0.6) is 0 Å². The number of carbonyl (C=O) groups excluding carboxylic acids is 2. The number of hydrogen-bond donors (Lipinski definition) is 2. The van der Waals surface area contributed by atoms with E-state index in [4.69, 9.17) is 0 Å². The van der Waals surface area contributed by atoms with Crippen LogP contribution in [0.25, 0.3) is 0 Å². The lowest BCUT2D eigenvalue weighted by atomic mass is 10.0. The molecule has 2 N–H and O–H groups in total. The molecule has 0 saturated carbocycles. The topological polar surface area (TPSA) is 71.1 Å². The second-order valence-electron chi connectivity index (χ2n) is 5.45. The summed E-state index contributed by atoms with van der Waals surface area (Å²) >= 11 is 0. The maximum absolute atomic E-state index is 12.3. The van der Waals surface area contributed by atoms with Crippen LogP contribution in [0, 0.1) is 6.92 Å². The molecule has 1 aliphatic heterocycles. The van der Waals surface area contributed by atoms with Crippen LogP contribution in [0.15, 0.2) is 36.5 Å². The van der Waals surface area contributed by atoms with E-state index in [9.17, 15) is 9.59 Å². The Morgan fingerprint density at radius 1 is 1.23 bits per heavy atom. The Morgan fingerprint density at radius 3 is 2.86 bits per heavy atom. The first kappa shape index (κ1) is 14.3. The zero-order chi connectivity index (χ0) is 15.5. The normalized spacial score (nSPS) is 13.8. The number of aryl methyl sites for hydroxylation is 2. The fourth-order valence-electron chi connectivity index (χ4n) is 2.45. The molecule has 2 heterocycles. The number of rotatable bonds is 2. The minimum Gasteiger partial charge on any atom is -0.326 e. The van der Waals surface area contributed by atoms with Crippen LogP contribution in [-0.2, 0) is 11.2 Å². The van der Waals surface area contributed by atoms with Crippen LogP contribution in [0.3, 0.4) is 0 Å². The van der Waals surface area contributed by atoms with Crippen molar-refractivity contribution in [2.24, 2.45) is 0 Å². The average Bonchev–Trinajstić information content (AvgIpc) is 2.69. The third kappa shape index (κ3) is 3.14. The van der Waals surface area contributed by atoms with Gasteiger partial charge in [-0.05, 0) is 55.2 Å². The van der Waals surface area contributed by atoms with Crippen molar-refractivity contribution in [3.8, 4) is 0 Å². The highest BCUT2D eigenvalue weighted by Gasteiger charge is 2.15. The van der Waals surface area contributed by atoms with E-state index < -0.39 is 0 Å². The van der Waals surface area contributed by atoms with Crippen molar-refractivity contribution in [2.75, 3.05) is 10.6 Å². The lowest BCUT2D eigenvalue weighted by Crippen LogP contribution is -2.14. The van der Waals surface area contributed by atoms with Gasteiger partial charge >= 0.3 is 0 Å². The Labute approximate surface area is 128 Å². The van der Waals surface area contributed by atoms with E-state index in [1.165, 1.54) is 0 Å². The van der Waals surface area contributed by atoms with Gasteiger partial charge in [0, 0.05) is 23.9 Å². The molecule has 5 heteroatoms. The second kappa shape index (κ2) is 5.97. The molecule has 112 valence electrons. The van der Waals surface area contributed by atoms with Crippen LogP contribution in [0.1, 0.15) is 34.3 Å². The Kier molecular flexibility index (Phi) is 3.87. The van der Waals surface area contributed by atoms with E-state index in [1.807, 2.05) is 19.1 Å². The smallest absolute Gasteiger partial charge is 0.256 e. The van der Waals surface area contributed by atoms with Crippen molar-refractivity contribution in [3.63, 3.8) is 0 Å². The summed E-state index contributed by atoms with van der Waals surface area (Å²) in [6, 6.07) is 9.01. The van der Waals surface area contributed by atoms with Crippen molar-refractivity contribution >= 4 is 23.3 Å². The summed E-state index contributed by atoms with van der Waals surface area (Å²) in [5.41, 5.74) is 3.40. The Hall–Kier alpha value is -2.69. The zero-order valence-electron chi connectivity index (χ0n) is 12.3. The van der Waals surface area contributed by atoms with Crippen molar-refractivity contribution in [1.29, 1.82) is 0 Å². The highest BCUT2D eigenvalue weighted by molar-refractivity contribution is 6.04. The van der Waals surface area contributed by atoms with Crippen molar-refractivity contribution in [3.05, 3.63) is 53.2 Å². The Balaban J connectivity index is 1.80. The van der Waals surface area contributed by atoms with Gasteiger partial charge in [0.15, 0.2) is 0 Å². The molecule has 0 spiro atoms. The molecule has 5 nitrogen and oxygen atoms in total. The summed E-state index contributed by atoms with van der Waals surface area (Å²) in [6.07, 6.45) is 3.81. The quantitative estimate of drug-likeness (QED) is 0.895. The summed E-state index contributed by atoms with van der Waals surface area (Å²) < 4.78 is 0. The van der Waals surface area contributed by atoms with Gasteiger partial charge in [0.25, 0.3) is 5.91 Å². The van der Waals surface area contributed by atoms with Gasteiger partial charge in [-0.25, -0.2) is 4.98 Å². The summed E-state index contributed by atoms with van der Waals surface area (Å²) in [4.78, 5) is 28.0. The van der Waals surface area contributed by atoms with E-state index in [0.717, 1.165) is 29.7 Å². The Morgan fingerprint density at radius 2 is 2.09 bits per heavy atom.